The Bertz CT molecular complexity index is 951. The molecular formula is C15H8Cl3F20NO2. The SMILES string of the molecule is CC(=O)N[C@@H](OCC(F)(F)C(F)(F)C(F)(F)C(F)(F)C(F)(F)C(F)(F)C(F)(F)C(F)(F)C(F)(F)C(F)F)C(Cl)(Cl)Cl. The molecule has 41 heavy (non-hydrogen) atoms. The van der Waals surface area contributed by atoms with Crippen molar-refractivity contribution in [2.45, 2.75) is 76.7 Å². The van der Waals surface area contributed by atoms with Gasteiger partial charge in [0.15, 0.2) is 6.23 Å². The van der Waals surface area contributed by atoms with Gasteiger partial charge in [0.2, 0.25) is 9.70 Å². The van der Waals surface area contributed by atoms with Gasteiger partial charge in [0.25, 0.3) is 0 Å². The van der Waals surface area contributed by atoms with E-state index in [0.717, 1.165) is 0 Å². The van der Waals surface area contributed by atoms with E-state index in [1.165, 1.54) is 5.32 Å². The van der Waals surface area contributed by atoms with Gasteiger partial charge in [-0.25, -0.2) is 8.78 Å². The monoisotopic (exact) mass is 719 g/mol. The van der Waals surface area contributed by atoms with Crippen molar-refractivity contribution in [3.05, 3.63) is 0 Å². The zero-order chi connectivity index (χ0) is 33.9. The molecule has 0 spiro atoms. The molecule has 0 rings (SSSR count). The summed E-state index contributed by atoms with van der Waals surface area (Å²) in [7, 11) is 0. The van der Waals surface area contributed by atoms with E-state index in [-0.39, 0.29) is 0 Å². The van der Waals surface area contributed by atoms with E-state index < -0.39 is 82.3 Å². The maximum Gasteiger partial charge on any atom is 0.385 e. The van der Waals surface area contributed by atoms with Crippen LogP contribution in [0.1, 0.15) is 6.92 Å². The third-order valence-corrected chi connectivity index (χ3v) is 5.18. The van der Waals surface area contributed by atoms with Crippen molar-refractivity contribution >= 4 is 40.7 Å². The van der Waals surface area contributed by atoms with Crippen LogP contribution in [0.3, 0.4) is 0 Å². The van der Waals surface area contributed by atoms with Crippen LogP contribution in [0.25, 0.3) is 0 Å². The Hall–Kier alpha value is -1.10. The van der Waals surface area contributed by atoms with Crippen molar-refractivity contribution in [3.8, 4) is 0 Å². The molecule has 246 valence electrons. The second-order valence-corrected chi connectivity index (χ2v) is 9.95. The largest absolute Gasteiger partial charge is 0.385 e. The van der Waals surface area contributed by atoms with Crippen LogP contribution in [-0.2, 0) is 9.53 Å². The first kappa shape index (κ1) is 39.9. The van der Waals surface area contributed by atoms with Crippen LogP contribution in [0, 0.1) is 0 Å². The maximum atomic E-state index is 13.9. The van der Waals surface area contributed by atoms with Crippen LogP contribution in [0.15, 0.2) is 0 Å². The molecule has 0 heterocycles. The van der Waals surface area contributed by atoms with E-state index in [2.05, 4.69) is 4.74 Å². The molecule has 0 aromatic carbocycles. The highest BCUT2D eigenvalue weighted by atomic mass is 35.6. The number of alkyl halides is 23. The lowest BCUT2D eigenvalue weighted by molar-refractivity contribution is -0.466. The van der Waals surface area contributed by atoms with Gasteiger partial charge in [-0.3, -0.25) is 4.79 Å². The summed E-state index contributed by atoms with van der Waals surface area (Å²) < 4.78 is 268. The summed E-state index contributed by atoms with van der Waals surface area (Å²) in [6.45, 7) is -2.99. The van der Waals surface area contributed by atoms with E-state index in [1.54, 1.807) is 0 Å². The minimum atomic E-state index is -9.13. The lowest BCUT2D eigenvalue weighted by Gasteiger charge is -2.44. The molecule has 0 aliphatic carbocycles. The topological polar surface area (TPSA) is 38.3 Å². The number of carbonyl (C=O) groups excluding carboxylic acids is 1. The average molecular weight is 721 g/mol. The molecule has 0 saturated carbocycles. The Morgan fingerprint density at radius 1 is 0.610 bits per heavy atom. The van der Waals surface area contributed by atoms with Crippen LogP contribution in [-0.4, -0.2) is 82.3 Å². The highest BCUT2D eigenvalue weighted by molar-refractivity contribution is 6.68. The van der Waals surface area contributed by atoms with Crippen molar-refractivity contribution in [2.75, 3.05) is 6.61 Å². The molecular weight excluding hydrogens is 712 g/mol. The Morgan fingerprint density at radius 3 is 1.17 bits per heavy atom. The van der Waals surface area contributed by atoms with Gasteiger partial charge in [-0.05, 0) is 0 Å². The molecule has 0 aromatic rings. The zero-order valence-electron chi connectivity index (χ0n) is 18.4. The fourth-order valence-electron chi connectivity index (χ4n) is 2.24. The number of rotatable bonds is 13. The van der Waals surface area contributed by atoms with Crippen LogP contribution in [0.4, 0.5) is 87.8 Å². The number of ether oxygens (including phenoxy) is 1. The first-order chi connectivity index (χ1) is 17.5. The fraction of sp³-hybridized carbons (Fsp3) is 0.933. The van der Waals surface area contributed by atoms with E-state index in [0.29, 0.717) is 6.92 Å². The highest BCUT2D eigenvalue weighted by Gasteiger charge is 2.96. The second kappa shape index (κ2) is 11.1. The normalized spacial score (nSPS) is 16.7. The lowest BCUT2D eigenvalue weighted by Crippen LogP contribution is -2.76. The number of carbonyl (C=O) groups is 1. The van der Waals surface area contributed by atoms with E-state index in [4.69, 9.17) is 34.8 Å². The molecule has 1 atom stereocenters. The maximum absolute atomic E-state index is 13.9. The van der Waals surface area contributed by atoms with Gasteiger partial charge in [0.05, 0.1) is 0 Å². The van der Waals surface area contributed by atoms with E-state index >= 15 is 0 Å². The number of amides is 1. The Balaban J connectivity index is 6.82. The average Bonchev–Trinajstić information content (AvgIpc) is 2.74. The van der Waals surface area contributed by atoms with E-state index in [1.807, 2.05) is 0 Å². The number of halogens is 23. The van der Waals surface area contributed by atoms with Gasteiger partial charge in [-0.1, -0.05) is 34.8 Å². The van der Waals surface area contributed by atoms with Crippen LogP contribution in [0.2, 0.25) is 0 Å². The summed E-state index contributed by atoms with van der Waals surface area (Å²) in [5, 5.41) is 1.25. The van der Waals surface area contributed by atoms with E-state index in [9.17, 15) is 92.6 Å². The summed E-state index contributed by atoms with van der Waals surface area (Å²) in [5.41, 5.74) is 0. The second-order valence-electron chi connectivity index (χ2n) is 7.58. The molecule has 0 aromatic heterocycles. The third kappa shape index (κ3) is 6.14. The molecule has 0 radical (unpaired) electrons. The molecule has 0 bridgehead atoms. The van der Waals surface area contributed by atoms with Crippen molar-refractivity contribution < 1.29 is 97.3 Å². The van der Waals surface area contributed by atoms with Crippen LogP contribution < -0.4 is 5.32 Å². The predicted octanol–water partition coefficient (Wildman–Crippen LogP) is 7.82. The Kier molecular flexibility index (Phi) is 10.8. The van der Waals surface area contributed by atoms with Crippen molar-refractivity contribution in [1.82, 2.24) is 5.32 Å². The lowest BCUT2D eigenvalue weighted by atomic mass is 9.86. The van der Waals surface area contributed by atoms with Crippen LogP contribution >= 0.6 is 34.8 Å². The molecule has 0 unspecified atom stereocenters. The molecule has 0 fully saturated rings. The summed E-state index contributed by atoms with van der Waals surface area (Å²) >= 11 is 15.2. The minimum absolute atomic E-state index is 0.479. The summed E-state index contributed by atoms with van der Waals surface area (Å²) in [5.74, 6) is -77.8. The smallest absolute Gasteiger partial charge is 0.347 e. The van der Waals surface area contributed by atoms with Gasteiger partial charge in [-0.15, -0.1) is 0 Å². The summed E-state index contributed by atoms with van der Waals surface area (Å²) in [4.78, 5) is 10.9. The van der Waals surface area contributed by atoms with Gasteiger partial charge in [0.1, 0.15) is 6.61 Å². The molecule has 3 nitrogen and oxygen atoms in total. The Morgan fingerprint density at radius 2 is 0.902 bits per heavy atom. The van der Waals surface area contributed by atoms with Crippen LogP contribution in [0.5, 0.6) is 0 Å². The number of hydrogen-bond acceptors (Lipinski definition) is 2. The van der Waals surface area contributed by atoms with Gasteiger partial charge < -0.3 is 10.1 Å². The van der Waals surface area contributed by atoms with Gasteiger partial charge >= 0.3 is 59.7 Å². The molecule has 0 aliphatic rings. The summed E-state index contributed by atoms with van der Waals surface area (Å²) in [6.07, 6.45) is -9.02. The quantitative estimate of drug-likeness (QED) is 0.120. The predicted molar refractivity (Wildman–Crippen MR) is 94.4 cm³/mol. The van der Waals surface area contributed by atoms with Crippen molar-refractivity contribution in [2.24, 2.45) is 0 Å². The standard InChI is InChI=1S/C15H8Cl3F20NO2/c1-3(40)39-5(8(16,17)18)41-2-6(21,22)9(25,26)11(29,30)13(33,34)15(37,38)14(35,36)12(31,32)10(27,28)7(23,24)4(19)20/h4-5H,2H2,1H3,(H,39,40)/t5-/m0/s1. The molecule has 1 N–H and O–H groups in total. The molecule has 26 heteroatoms. The molecule has 1 amide bonds. The molecule has 0 aliphatic heterocycles. The fourth-order valence-corrected chi connectivity index (χ4v) is 2.60. The summed E-state index contributed by atoms with van der Waals surface area (Å²) in [6, 6.07) is 0. The Labute approximate surface area is 227 Å². The van der Waals surface area contributed by atoms with Crippen molar-refractivity contribution in [3.63, 3.8) is 0 Å². The first-order valence-corrected chi connectivity index (χ1v) is 10.2. The highest BCUT2D eigenvalue weighted by Crippen LogP contribution is 2.65. The number of nitrogens with one attached hydrogen (secondary N) is 1. The zero-order valence-corrected chi connectivity index (χ0v) is 20.6. The minimum Gasteiger partial charge on any atom is -0.347 e. The number of hydrogen-bond donors (Lipinski definition) is 1. The van der Waals surface area contributed by atoms with Gasteiger partial charge in [0, 0.05) is 6.92 Å². The third-order valence-electron chi connectivity index (χ3n) is 4.58. The van der Waals surface area contributed by atoms with Crippen molar-refractivity contribution in [1.29, 1.82) is 0 Å². The van der Waals surface area contributed by atoms with Gasteiger partial charge in [-0.2, -0.15) is 79.0 Å². The first-order valence-electron chi connectivity index (χ1n) is 9.10. The molecule has 0 saturated heterocycles.